The van der Waals surface area contributed by atoms with Gasteiger partial charge in [-0.1, -0.05) is 23.2 Å². The SMILES string of the molecule is N#CNC(=O)c1ccc2c(c1)C1(CCC(Oc3ncc(Cl)cc3Cl)CC1)C(=O)N2. The standard InChI is InChI=1S/C20H16Cl2N4O3/c21-12-8-15(22)18(24-9-12)29-13-3-5-20(6-4-13)14-7-11(17(27)25-10-23)1-2-16(14)26-19(20)28/h1-2,7-9,13H,3-6H2,(H,25,27)(H,26,28). The van der Waals surface area contributed by atoms with Crippen molar-refractivity contribution in [3.8, 4) is 12.1 Å². The van der Waals surface area contributed by atoms with E-state index in [9.17, 15) is 9.59 Å². The molecule has 1 saturated carbocycles. The van der Waals surface area contributed by atoms with Gasteiger partial charge in [-0.05, 0) is 55.5 Å². The van der Waals surface area contributed by atoms with E-state index in [4.69, 9.17) is 33.2 Å². The Morgan fingerprint density at radius 1 is 1.31 bits per heavy atom. The van der Waals surface area contributed by atoms with Crippen molar-refractivity contribution in [3.05, 3.63) is 51.6 Å². The van der Waals surface area contributed by atoms with Crippen molar-refractivity contribution in [2.24, 2.45) is 0 Å². The number of carbonyl (C=O) groups excluding carboxylic acids is 2. The first kappa shape index (κ1) is 19.5. The summed E-state index contributed by atoms with van der Waals surface area (Å²) in [5.41, 5.74) is 1.12. The van der Waals surface area contributed by atoms with E-state index in [2.05, 4.69) is 15.6 Å². The number of ether oxygens (including phenoxy) is 1. The number of hydrogen-bond donors (Lipinski definition) is 2. The number of hydrogen-bond acceptors (Lipinski definition) is 5. The van der Waals surface area contributed by atoms with E-state index < -0.39 is 11.3 Å². The molecular weight excluding hydrogens is 415 g/mol. The molecule has 0 unspecified atom stereocenters. The van der Waals surface area contributed by atoms with Crippen molar-refractivity contribution >= 4 is 40.7 Å². The molecule has 2 aromatic rings. The van der Waals surface area contributed by atoms with Crippen LogP contribution in [0.25, 0.3) is 0 Å². The molecule has 9 heteroatoms. The lowest BCUT2D eigenvalue weighted by atomic mass is 9.69. The van der Waals surface area contributed by atoms with Gasteiger partial charge in [-0.3, -0.25) is 14.9 Å². The van der Waals surface area contributed by atoms with Crippen molar-refractivity contribution in [2.45, 2.75) is 37.2 Å². The third kappa shape index (κ3) is 3.50. The predicted molar refractivity (Wildman–Crippen MR) is 107 cm³/mol. The third-order valence-electron chi connectivity index (χ3n) is 5.49. The number of pyridine rings is 1. The van der Waals surface area contributed by atoms with Crippen molar-refractivity contribution in [1.29, 1.82) is 5.26 Å². The molecule has 0 saturated heterocycles. The summed E-state index contributed by atoms with van der Waals surface area (Å²) in [6, 6.07) is 6.56. The average molecular weight is 431 g/mol. The van der Waals surface area contributed by atoms with Crippen LogP contribution >= 0.6 is 23.2 Å². The van der Waals surface area contributed by atoms with E-state index in [1.165, 1.54) is 6.20 Å². The maximum atomic E-state index is 12.8. The second-order valence-electron chi connectivity index (χ2n) is 7.12. The minimum absolute atomic E-state index is 0.0774. The fraction of sp³-hybridized carbons (Fsp3) is 0.300. The van der Waals surface area contributed by atoms with Crippen LogP contribution in [0.15, 0.2) is 30.5 Å². The highest BCUT2D eigenvalue weighted by molar-refractivity contribution is 6.35. The molecule has 2 aliphatic rings. The molecule has 0 atom stereocenters. The fourth-order valence-corrected chi connectivity index (χ4v) is 4.45. The van der Waals surface area contributed by atoms with Crippen LogP contribution in [0.1, 0.15) is 41.6 Å². The molecule has 1 aromatic heterocycles. The highest BCUT2D eigenvalue weighted by atomic mass is 35.5. The van der Waals surface area contributed by atoms with E-state index >= 15 is 0 Å². The number of nitriles is 1. The molecule has 4 rings (SSSR count). The van der Waals surface area contributed by atoms with Gasteiger partial charge in [-0.2, -0.15) is 5.26 Å². The highest BCUT2D eigenvalue weighted by Crippen LogP contribution is 2.48. The maximum Gasteiger partial charge on any atom is 0.264 e. The third-order valence-corrected chi connectivity index (χ3v) is 5.97. The van der Waals surface area contributed by atoms with E-state index in [0.29, 0.717) is 52.9 Å². The Morgan fingerprint density at radius 3 is 2.76 bits per heavy atom. The van der Waals surface area contributed by atoms with Crippen LogP contribution in [0.5, 0.6) is 5.88 Å². The van der Waals surface area contributed by atoms with Gasteiger partial charge >= 0.3 is 0 Å². The number of nitrogens with zero attached hydrogens (tertiary/aromatic N) is 2. The number of carbonyl (C=O) groups is 2. The number of fused-ring (bicyclic) bond motifs is 2. The van der Waals surface area contributed by atoms with E-state index in [0.717, 1.165) is 5.56 Å². The first-order valence-electron chi connectivity index (χ1n) is 9.06. The van der Waals surface area contributed by atoms with Crippen LogP contribution in [0.3, 0.4) is 0 Å². The minimum atomic E-state index is -0.713. The van der Waals surface area contributed by atoms with Crippen LogP contribution in [0.4, 0.5) is 5.69 Å². The number of benzene rings is 1. The zero-order valence-electron chi connectivity index (χ0n) is 15.2. The molecule has 148 valence electrons. The summed E-state index contributed by atoms with van der Waals surface area (Å²) >= 11 is 12.0. The van der Waals surface area contributed by atoms with Gasteiger partial charge in [-0.25, -0.2) is 4.98 Å². The van der Waals surface area contributed by atoms with Crippen molar-refractivity contribution < 1.29 is 14.3 Å². The second-order valence-corrected chi connectivity index (χ2v) is 7.96. The fourth-order valence-electron chi connectivity index (χ4n) is 4.02. The van der Waals surface area contributed by atoms with Crippen molar-refractivity contribution in [3.63, 3.8) is 0 Å². The lowest BCUT2D eigenvalue weighted by Gasteiger charge is -2.35. The lowest BCUT2D eigenvalue weighted by molar-refractivity contribution is -0.122. The zero-order valence-corrected chi connectivity index (χ0v) is 16.7. The zero-order chi connectivity index (χ0) is 20.6. The summed E-state index contributed by atoms with van der Waals surface area (Å²) in [5.74, 6) is -0.250. The second kappa shape index (κ2) is 7.54. The summed E-state index contributed by atoms with van der Waals surface area (Å²) in [6.45, 7) is 0. The minimum Gasteiger partial charge on any atom is -0.473 e. The van der Waals surface area contributed by atoms with Crippen LogP contribution in [0.2, 0.25) is 10.0 Å². The van der Waals surface area contributed by atoms with Gasteiger partial charge in [-0.15, -0.1) is 0 Å². The van der Waals surface area contributed by atoms with Crippen LogP contribution in [-0.2, 0) is 10.2 Å². The summed E-state index contributed by atoms with van der Waals surface area (Å²) < 4.78 is 5.93. The van der Waals surface area contributed by atoms with Gasteiger partial charge in [0.1, 0.15) is 11.1 Å². The van der Waals surface area contributed by atoms with E-state index in [1.807, 2.05) is 0 Å². The molecule has 2 N–H and O–H groups in total. The molecule has 1 spiro atoms. The molecule has 1 aliphatic heterocycles. The molecule has 0 bridgehead atoms. The van der Waals surface area contributed by atoms with E-state index in [-0.39, 0.29) is 12.0 Å². The molecule has 2 amide bonds. The predicted octanol–water partition coefficient (Wildman–Crippen LogP) is 3.81. The van der Waals surface area contributed by atoms with Crippen molar-refractivity contribution in [1.82, 2.24) is 10.3 Å². The largest absolute Gasteiger partial charge is 0.473 e. The molecular formula is C20H16Cl2N4O3. The maximum absolute atomic E-state index is 12.8. The van der Waals surface area contributed by atoms with Crippen LogP contribution in [-0.4, -0.2) is 22.9 Å². The lowest BCUT2D eigenvalue weighted by Crippen LogP contribution is -2.41. The molecule has 29 heavy (non-hydrogen) atoms. The smallest absolute Gasteiger partial charge is 0.264 e. The van der Waals surface area contributed by atoms with Gasteiger partial charge < -0.3 is 10.1 Å². The van der Waals surface area contributed by atoms with Gasteiger partial charge in [0.25, 0.3) is 5.91 Å². The Bertz CT molecular complexity index is 1040. The highest BCUT2D eigenvalue weighted by Gasteiger charge is 2.49. The first-order chi connectivity index (χ1) is 13.9. The molecule has 0 radical (unpaired) electrons. The average Bonchev–Trinajstić information content (AvgIpc) is 2.97. The molecule has 1 fully saturated rings. The number of nitrogens with one attached hydrogen (secondary N) is 2. The monoisotopic (exact) mass is 430 g/mol. The summed E-state index contributed by atoms with van der Waals surface area (Å²) in [4.78, 5) is 29.0. The summed E-state index contributed by atoms with van der Waals surface area (Å²) in [7, 11) is 0. The Kier molecular flexibility index (Phi) is 5.07. The van der Waals surface area contributed by atoms with Gasteiger partial charge in [0.2, 0.25) is 11.8 Å². The molecule has 7 nitrogen and oxygen atoms in total. The number of rotatable bonds is 3. The number of amides is 2. The summed E-state index contributed by atoms with van der Waals surface area (Å²) in [5, 5.41) is 14.5. The molecule has 2 heterocycles. The van der Waals surface area contributed by atoms with Crippen LogP contribution in [0, 0.1) is 11.5 Å². The van der Waals surface area contributed by atoms with Gasteiger partial charge in [0.15, 0.2) is 6.19 Å². The Labute approximate surface area is 177 Å². The normalized spacial score (nSPS) is 22.5. The Balaban J connectivity index is 1.54. The van der Waals surface area contributed by atoms with Gasteiger partial charge in [0, 0.05) is 17.4 Å². The van der Waals surface area contributed by atoms with Crippen LogP contribution < -0.4 is 15.4 Å². The van der Waals surface area contributed by atoms with Gasteiger partial charge in [0.05, 0.1) is 10.4 Å². The Hall–Kier alpha value is -2.82. The quantitative estimate of drug-likeness (QED) is 0.568. The number of anilines is 1. The topological polar surface area (TPSA) is 104 Å². The summed E-state index contributed by atoms with van der Waals surface area (Å²) in [6.07, 6.45) is 5.35. The Morgan fingerprint density at radius 2 is 2.07 bits per heavy atom. The first-order valence-corrected chi connectivity index (χ1v) is 9.82. The number of aromatic nitrogens is 1. The molecule has 1 aliphatic carbocycles. The van der Waals surface area contributed by atoms with E-state index in [1.54, 1.807) is 30.5 Å². The number of halogens is 2. The molecule has 1 aromatic carbocycles. The van der Waals surface area contributed by atoms with Crippen molar-refractivity contribution in [2.75, 3.05) is 5.32 Å².